The molecule has 0 bridgehead atoms. The van der Waals surface area contributed by atoms with Gasteiger partial charge in [0, 0.05) is 0 Å². The summed E-state index contributed by atoms with van der Waals surface area (Å²) in [6, 6.07) is 0. The van der Waals surface area contributed by atoms with Crippen LogP contribution in [-0.2, 0) is 0 Å². The molecule has 0 spiro atoms. The third-order valence-electron chi connectivity index (χ3n) is 11.5. The molecule has 1 nitrogen and oxygen atoms in total. The van der Waals surface area contributed by atoms with Gasteiger partial charge >= 0.3 is 0 Å². The molecule has 0 heterocycles. The number of quaternary nitrogens is 1. The van der Waals surface area contributed by atoms with Crippen LogP contribution < -0.4 is 0 Å². The topological polar surface area (TPSA) is 0 Å². The first-order valence-electron chi connectivity index (χ1n) is 21.0. The maximum atomic E-state index is 2.52. The molecule has 0 radical (unpaired) electrons. The molecule has 0 aromatic carbocycles. The van der Waals surface area contributed by atoms with Gasteiger partial charge in [0.05, 0.1) is 27.2 Å². The number of nitrogens with zero attached hydrogens (tertiary/aromatic N) is 1. The van der Waals surface area contributed by atoms with Crippen molar-refractivity contribution < 1.29 is 4.48 Å². The lowest BCUT2D eigenvalue weighted by Gasteiger charge is -2.31. The Labute approximate surface area is 288 Å². The van der Waals surface area contributed by atoms with E-state index in [4.69, 9.17) is 0 Å². The second-order valence-corrected chi connectivity index (χ2v) is 18.7. The summed E-state index contributed by atoms with van der Waals surface area (Å²) in [4.78, 5) is 0. The van der Waals surface area contributed by atoms with Crippen molar-refractivity contribution in [2.45, 2.75) is 210 Å². The SMILES string of the molecule is CC(C)CCCC(C)CCCC(C)CCCC(C)CCC[N+](C)(C)CCCC(C)CCCC(C)CCCC(C)CCCC(C)C. The molecule has 6 atom stereocenters. The zero-order chi connectivity index (χ0) is 34.1. The van der Waals surface area contributed by atoms with Crippen molar-refractivity contribution in [3.8, 4) is 0 Å². The lowest BCUT2D eigenvalue weighted by Crippen LogP contribution is -2.41. The van der Waals surface area contributed by atoms with Crippen LogP contribution in [0.25, 0.3) is 0 Å². The van der Waals surface area contributed by atoms with E-state index in [0.717, 1.165) is 47.3 Å². The van der Waals surface area contributed by atoms with Crippen molar-refractivity contribution in [3.63, 3.8) is 0 Å². The summed E-state index contributed by atoms with van der Waals surface area (Å²) in [5.74, 6) is 7.25. The van der Waals surface area contributed by atoms with E-state index in [1.54, 1.807) is 0 Å². The van der Waals surface area contributed by atoms with Gasteiger partial charge in [0.15, 0.2) is 0 Å². The van der Waals surface area contributed by atoms with E-state index in [0.29, 0.717) is 0 Å². The third-order valence-corrected chi connectivity index (χ3v) is 11.5. The van der Waals surface area contributed by atoms with Crippen LogP contribution in [0.5, 0.6) is 0 Å². The second kappa shape index (κ2) is 27.9. The molecule has 0 saturated heterocycles. The molecule has 0 N–H and O–H groups in total. The number of rotatable bonds is 32. The molecule has 0 rings (SSSR count). The van der Waals surface area contributed by atoms with Crippen molar-refractivity contribution >= 4 is 0 Å². The highest BCUT2D eigenvalue weighted by molar-refractivity contribution is 4.63. The molecule has 272 valence electrons. The molecule has 0 saturated carbocycles. The zero-order valence-electron chi connectivity index (χ0n) is 34.0. The molecule has 1 heteroatoms. The van der Waals surface area contributed by atoms with Gasteiger partial charge in [0.2, 0.25) is 0 Å². The van der Waals surface area contributed by atoms with Gasteiger partial charge in [-0.25, -0.2) is 0 Å². The van der Waals surface area contributed by atoms with E-state index in [-0.39, 0.29) is 0 Å². The second-order valence-electron chi connectivity index (χ2n) is 18.7. The van der Waals surface area contributed by atoms with Crippen LogP contribution in [0, 0.1) is 47.3 Å². The van der Waals surface area contributed by atoms with E-state index in [1.807, 2.05) is 0 Å². The van der Waals surface area contributed by atoms with E-state index in [1.165, 1.54) is 159 Å². The summed E-state index contributed by atoms with van der Waals surface area (Å²) >= 11 is 0. The van der Waals surface area contributed by atoms with Crippen molar-refractivity contribution in [1.29, 1.82) is 0 Å². The van der Waals surface area contributed by atoms with Crippen LogP contribution in [-0.4, -0.2) is 31.7 Å². The summed E-state index contributed by atoms with van der Waals surface area (Å²) in [7, 11) is 4.96. The standard InChI is InChI=1S/C44H92N/c1-37(2)21-13-23-39(5)25-15-27-41(7)29-17-31-43(9)33-19-35-45(11,12)36-20-34-44(10)32-18-30-42(8)28-16-26-40(6)24-14-22-38(3)4/h37-44H,13-36H2,1-12H3/q+1. The Hall–Kier alpha value is -0.0400. The van der Waals surface area contributed by atoms with E-state index >= 15 is 0 Å². The Morgan fingerprint density at radius 2 is 0.444 bits per heavy atom. The Morgan fingerprint density at radius 1 is 0.267 bits per heavy atom. The largest absolute Gasteiger partial charge is 0.328 e. The number of hydrogen-bond donors (Lipinski definition) is 0. The molecule has 0 aliphatic carbocycles. The van der Waals surface area contributed by atoms with Crippen LogP contribution in [0.2, 0.25) is 0 Å². The summed E-state index contributed by atoms with van der Waals surface area (Å²) < 4.78 is 1.22. The minimum atomic E-state index is 0.871. The Kier molecular flexibility index (Phi) is 27.8. The van der Waals surface area contributed by atoms with Crippen molar-refractivity contribution in [1.82, 2.24) is 0 Å². The van der Waals surface area contributed by atoms with Gasteiger partial charge in [0.25, 0.3) is 0 Å². The monoisotopic (exact) mass is 635 g/mol. The molecule has 0 fully saturated rings. The highest BCUT2D eigenvalue weighted by Gasteiger charge is 2.17. The van der Waals surface area contributed by atoms with Gasteiger partial charge in [0.1, 0.15) is 0 Å². The molecule has 0 aromatic heterocycles. The fourth-order valence-corrected chi connectivity index (χ4v) is 7.72. The number of hydrogen-bond acceptors (Lipinski definition) is 0. The minimum Gasteiger partial charge on any atom is -0.328 e. The van der Waals surface area contributed by atoms with Crippen LogP contribution in [0.4, 0.5) is 0 Å². The van der Waals surface area contributed by atoms with Gasteiger partial charge < -0.3 is 4.48 Å². The fraction of sp³-hybridized carbons (Fsp3) is 1.00. The molecular formula is C44H92N+. The van der Waals surface area contributed by atoms with Crippen LogP contribution in [0.3, 0.4) is 0 Å². The van der Waals surface area contributed by atoms with Gasteiger partial charge in [-0.15, -0.1) is 0 Å². The first kappa shape index (κ1) is 45.0. The summed E-state index contributed by atoms with van der Waals surface area (Å²) in [6.07, 6.45) is 31.6. The predicted octanol–water partition coefficient (Wildman–Crippen LogP) is 14.8. The Morgan fingerprint density at radius 3 is 0.644 bits per heavy atom. The van der Waals surface area contributed by atoms with Crippen LogP contribution in [0.15, 0.2) is 0 Å². The average molecular weight is 635 g/mol. The Bertz CT molecular complexity index is 568. The molecule has 6 unspecified atom stereocenters. The Balaban J connectivity index is 3.82. The summed E-state index contributed by atoms with van der Waals surface area (Å²) in [6.45, 7) is 27.2. The smallest absolute Gasteiger partial charge is 0.0782 e. The van der Waals surface area contributed by atoms with Crippen molar-refractivity contribution in [3.05, 3.63) is 0 Å². The summed E-state index contributed by atoms with van der Waals surface area (Å²) in [5.41, 5.74) is 0. The molecule has 0 aliphatic heterocycles. The highest BCUT2D eigenvalue weighted by Crippen LogP contribution is 2.25. The van der Waals surface area contributed by atoms with Crippen LogP contribution in [0.1, 0.15) is 210 Å². The van der Waals surface area contributed by atoms with Crippen molar-refractivity contribution in [2.75, 3.05) is 27.2 Å². The van der Waals surface area contributed by atoms with Gasteiger partial charge in [-0.2, -0.15) is 0 Å². The molecule has 0 amide bonds. The lowest BCUT2D eigenvalue weighted by atomic mass is 9.90. The minimum absolute atomic E-state index is 0.871. The molecule has 0 aromatic rings. The highest BCUT2D eigenvalue weighted by atomic mass is 15.3. The normalized spacial score (nSPS) is 16.7. The third kappa shape index (κ3) is 31.0. The van der Waals surface area contributed by atoms with Crippen LogP contribution >= 0.6 is 0 Å². The summed E-state index contributed by atoms with van der Waals surface area (Å²) in [5, 5.41) is 0. The quantitative estimate of drug-likeness (QED) is 0.0646. The maximum absolute atomic E-state index is 2.52. The molecule has 45 heavy (non-hydrogen) atoms. The van der Waals surface area contributed by atoms with E-state index in [2.05, 4.69) is 83.3 Å². The maximum Gasteiger partial charge on any atom is 0.0782 e. The van der Waals surface area contributed by atoms with Gasteiger partial charge in [-0.3, -0.25) is 0 Å². The molecular weight excluding hydrogens is 542 g/mol. The van der Waals surface area contributed by atoms with E-state index < -0.39 is 0 Å². The van der Waals surface area contributed by atoms with Crippen molar-refractivity contribution in [2.24, 2.45) is 47.3 Å². The van der Waals surface area contributed by atoms with Gasteiger partial charge in [-0.05, 0) is 73.0 Å². The average Bonchev–Trinajstić information content (AvgIpc) is 2.92. The first-order chi connectivity index (χ1) is 21.2. The molecule has 0 aliphatic rings. The predicted molar refractivity (Wildman–Crippen MR) is 208 cm³/mol. The van der Waals surface area contributed by atoms with Gasteiger partial charge in [-0.1, -0.05) is 185 Å². The zero-order valence-corrected chi connectivity index (χ0v) is 34.0. The first-order valence-corrected chi connectivity index (χ1v) is 21.0. The van der Waals surface area contributed by atoms with E-state index in [9.17, 15) is 0 Å². The fourth-order valence-electron chi connectivity index (χ4n) is 7.72. The lowest BCUT2D eigenvalue weighted by molar-refractivity contribution is -0.890.